The van der Waals surface area contributed by atoms with Gasteiger partial charge in [0.15, 0.2) is 11.6 Å². The molecular formula is C16H13F3N2O. The Morgan fingerprint density at radius 3 is 2.64 bits per heavy atom. The van der Waals surface area contributed by atoms with Crippen molar-refractivity contribution >= 4 is 17.3 Å². The standard InChI is InChI=1S/C16H13F3N2O/c1-8-2-3-12(10(17)6-8)21-15-13-9(4-5-20-16(13)22)7-11(18)14(15)19/h2-3,6-7,21H,4-5H2,1H3,(H,20,22). The lowest BCUT2D eigenvalue weighted by molar-refractivity contribution is 0.0946. The fourth-order valence-corrected chi connectivity index (χ4v) is 2.51. The molecule has 0 spiro atoms. The van der Waals surface area contributed by atoms with Crippen molar-refractivity contribution in [2.45, 2.75) is 13.3 Å². The summed E-state index contributed by atoms with van der Waals surface area (Å²) in [6, 6.07) is 5.34. The first kappa shape index (κ1) is 14.4. The fourth-order valence-electron chi connectivity index (χ4n) is 2.51. The number of carbonyl (C=O) groups is 1. The van der Waals surface area contributed by atoms with Crippen LogP contribution in [0.1, 0.15) is 21.5 Å². The first-order valence-electron chi connectivity index (χ1n) is 6.79. The molecule has 1 amide bonds. The number of anilines is 2. The van der Waals surface area contributed by atoms with Gasteiger partial charge in [-0.1, -0.05) is 6.07 Å². The molecule has 0 saturated carbocycles. The van der Waals surface area contributed by atoms with Crippen LogP contribution < -0.4 is 10.6 Å². The molecule has 3 nitrogen and oxygen atoms in total. The van der Waals surface area contributed by atoms with E-state index in [9.17, 15) is 18.0 Å². The van der Waals surface area contributed by atoms with Gasteiger partial charge in [-0.3, -0.25) is 4.79 Å². The summed E-state index contributed by atoms with van der Waals surface area (Å²) in [4.78, 5) is 12.0. The first-order valence-corrected chi connectivity index (χ1v) is 6.79. The van der Waals surface area contributed by atoms with Crippen LogP contribution in [0.15, 0.2) is 24.3 Å². The molecule has 0 bridgehead atoms. The predicted octanol–water partition coefficient (Wildman–Crippen LogP) is 3.44. The molecule has 1 aliphatic heterocycles. The molecule has 0 unspecified atom stereocenters. The molecule has 0 atom stereocenters. The number of benzene rings is 2. The number of hydrogen-bond donors (Lipinski definition) is 2. The highest BCUT2D eigenvalue weighted by atomic mass is 19.2. The number of rotatable bonds is 2. The number of amides is 1. The van der Waals surface area contributed by atoms with Crippen LogP contribution in [0.3, 0.4) is 0 Å². The van der Waals surface area contributed by atoms with Crippen LogP contribution in [0.4, 0.5) is 24.5 Å². The number of nitrogens with one attached hydrogen (secondary N) is 2. The predicted molar refractivity (Wildman–Crippen MR) is 76.8 cm³/mol. The average Bonchev–Trinajstić information content (AvgIpc) is 2.46. The summed E-state index contributed by atoms with van der Waals surface area (Å²) >= 11 is 0. The van der Waals surface area contributed by atoms with Crippen molar-refractivity contribution in [3.8, 4) is 0 Å². The molecule has 0 aliphatic carbocycles. The summed E-state index contributed by atoms with van der Waals surface area (Å²) in [6.07, 6.45) is 0.392. The molecule has 0 aromatic heterocycles. The third kappa shape index (κ3) is 2.41. The summed E-state index contributed by atoms with van der Waals surface area (Å²) in [5.41, 5.74) is 0.760. The summed E-state index contributed by atoms with van der Waals surface area (Å²) < 4.78 is 41.8. The van der Waals surface area contributed by atoms with E-state index in [-0.39, 0.29) is 16.9 Å². The molecule has 0 radical (unpaired) electrons. The first-order chi connectivity index (χ1) is 10.5. The van der Waals surface area contributed by atoms with Crippen molar-refractivity contribution in [1.82, 2.24) is 5.32 Å². The summed E-state index contributed by atoms with van der Waals surface area (Å²) in [7, 11) is 0. The molecular weight excluding hydrogens is 293 g/mol. The van der Waals surface area contributed by atoms with Gasteiger partial charge in [0.1, 0.15) is 5.82 Å². The van der Waals surface area contributed by atoms with Crippen molar-refractivity contribution in [2.24, 2.45) is 0 Å². The molecule has 2 aromatic rings. The Balaban J connectivity index is 2.13. The summed E-state index contributed by atoms with van der Waals surface area (Å²) in [5.74, 6) is -3.37. The molecule has 0 saturated heterocycles. The summed E-state index contributed by atoms with van der Waals surface area (Å²) in [5, 5.41) is 5.09. The summed E-state index contributed by atoms with van der Waals surface area (Å²) in [6.45, 7) is 2.07. The highest BCUT2D eigenvalue weighted by Gasteiger charge is 2.26. The van der Waals surface area contributed by atoms with Crippen molar-refractivity contribution in [2.75, 3.05) is 11.9 Å². The quantitative estimate of drug-likeness (QED) is 0.892. The van der Waals surface area contributed by atoms with E-state index in [2.05, 4.69) is 10.6 Å². The Kier molecular flexibility index (Phi) is 3.52. The highest BCUT2D eigenvalue weighted by Crippen LogP contribution is 2.32. The smallest absolute Gasteiger partial charge is 0.253 e. The van der Waals surface area contributed by atoms with Gasteiger partial charge in [-0.2, -0.15) is 0 Å². The van der Waals surface area contributed by atoms with Crippen LogP contribution in [0.2, 0.25) is 0 Å². The van der Waals surface area contributed by atoms with Crippen LogP contribution in [-0.4, -0.2) is 12.5 Å². The van der Waals surface area contributed by atoms with E-state index in [1.54, 1.807) is 13.0 Å². The van der Waals surface area contributed by atoms with Crippen LogP contribution in [0, 0.1) is 24.4 Å². The molecule has 0 fully saturated rings. The minimum absolute atomic E-state index is 0.0179. The maximum absolute atomic E-state index is 14.1. The van der Waals surface area contributed by atoms with Gasteiger partial charge in [0.05, 0.1) is 16.9 Å². The number of hydrogen-bond acceptors (Lipinski definition) is 2. The monoisotopic (exact) mass is 306 g/mol. The maximum atomic E-state index is 14.1. The van der Waals surface area contributed by atoms with Crippen LogP contribution >= 0.6 is 0 Å². The molecule has 22 heavy (non-hydrogen) atoms. The number of fused-ring (bicyclic) bond motifs is 1. The molecule has 2 aromatic carbocycles. The molecule has 1 aliphatic rings. The number of aryl methyl sites for hydroxylation is 1. The maximum Gasteiger partial charge on any atom is 0.253 e. The van der Waals surface area contributed by atoms with E-state index < -0.39 is 23.4 Å². The van der Waals surface area contributed by atoms with E-state index >= 15 is 0 Å². The van der Waals surface area contributed by atoms with Gasteiger partial charge >= 0.3 is 0 Å². The Morgan fingerprint density at radius 2 is 1.91 bits per heavy atom. The second kappa shape index (κ2) is 5.36. The highest BCUT2D eigenvalue weighted by molar-refractivity contribution is 6.02. The Hall–Kier alpha value is -2.50. The van der Waals surface area contributed by atoms with Gasteiger partial charge in [-0.15, -0.1) is 0 Å². The normalized spacial score (nSPS) is 13.5. The molecule has 2 N–H and O–H groups in total. The zero-order valence-corrected chi connectivity index (χ0v) is 11.8. The lowest BCUT2D eigenvalue weighted by Crippen LogP contribution is -2.33. The van der Waals surface area contributed by atoms with Crippen LogP contribution in [0.25, 0.3) is 0 Å². The van der Waals surface area contributed by atoms with E-state index in [0.29, 0.717) is 24.1 Å². The van der Waals surface area contributed by atoms with Gasteiger partial charge in [-0.05, 0) is 42.7 Å². The Morgan fingerprint density at radius 1 is 1.14 bits per heavy atom. The Bertz CT molecular complexity index is 774. The second-order valence-corrected chi connectivity index (χ2v) is 5.20. The number of halogens is 3. The fraction of sp³-hybridized carbons (Fsp3) is 0.188. The van der Waals surface area contributed by atoms with Crippen molar-refractivity contribution < 1.29 is 18.0 Å². The minimum Gasteiger partial charge on any atom is -0.352 e. The Labute approximate surface area is 125 Å². The van der Waals surface area contributed by atoms with E-state index in [1.165, 1.54) is 12.1 Å². The lowest BCUT2D eigenvalue weighted by atomic mass is 9.97. The largest absolute Gasteiger partial charge is 0.352 e. The SMILES string of the molecule is Cc1ccc(Nc2c(F)c(F)cc3c2C(=O)NCC3)c(F)c1. The minimum atomic E-state index is -1.20. The van der Waals surface area contributed by atoms with Gasteiger partial charge in [0.25, 0.3) is 5.91 Å². The van der Waals surface area contributed by atoms with E-state index in [1.807, 2.05) is 0 Å². The van der Waals surface area contributed by atoms with E-state index in [0.717, 1.165) is 6.07 Å². The van der Waals surface area contributed by atoms with Crippen LogP contribution in [0.5, 0.6) is 0 Å². The number of carbonyl (C=O) groups excluding carboxylic acids is 1. The van der Waals surface area contributed by atoms with Crippen LogP contribution in [-0.2, 0) is 6.42 Å². The molecule has 6 heteroatoms. The van der Waals surface area contributed by atoms with Crippen molar-refractivity contribution in [3.05, 3.63) is 58.4 Å². The third-order valence-corrected chi connectivity index (χ3v) is 3.59. The van der Waals surface area contributed by atoms with Gasteiger partial charge < -0.3 is 10.6 Å². The zero-order chi connectivity index (χ0) is 15.9. The average molecular weight is 306 g/mol. The zero-order valence-electron chi connectivity index (χ0n) is 11.8. The van der Waals surface area contributed by atoms with Gasteiger partial charge in [0, 0.05) is 6.54 Å². The van der Waals surface area contributed by atoms with Crippen molar-refractivity contribution in [3.63, 3.8) is 0 Å². The van der Waals surface area contributed by atoms with Crippen molar-refractivity contribution in [1.29, 1.82) is 0 Å². The third-order valence-electron chi connectivity index (χ3n) is 3.59. The van der Waals surface area contributed by atoms with E-state index in [4.69, 9.17) is 0 Å². The molecule has 1 heterocycles. The topological polar surface area (TPSA) is 41.1 Å². The van der Waals surface area contributed by atoms with Gasteiger partial charge in [0.2, 0.25) is 0 Å². The molecule has 114 valence electrons. The molecule has 3 rings (SSSR count). The lowest BCUT2D eigenvalue weighted by Gasteiger charge is -2.21. The van der Waals surface area contributed by atoms with Gasteiger partial charge in [-0.25, -0.2) is 13.2 Å². The second-order valence-electron chi connectivity index (χ2n) is 5.20.